The van der Waals surface area contributed by atoms with Crippen LogP contribution in [0.4, 0.5) is 0 Å². The number of likely N-dealkylation sites (tertiary alicyclic amines) is 1. The van der Waals surface area contributed by atoms with Crippen LogP contribution in [-0.2, 0) is 5.88 Å². The third-order valence-corrected chi connectivity index (χ3v) is 4.63. The molecule has 0 saturated carbocycles. The van der Waals surface area contributed by atoms with Crippen LogP contribution in [0.5, 0.6) is 0 Å². The molecular weight excluding hydrogens is 326 g/mol. The number of piperidine rings is 1. The van der Waals surface area contributed by atoms with Gasteiger partial charge in [-0.3, -0.25) is 0 Å². The lowest BCUT2D eigenvalue weighted by molar-refractivity contribution is 0.222. The van der Waals surface area contributed by atoms with Crippen molar-refractivity contribution in [1.82, 2.24) is 14.5 Å². The van der Waals surface area contributed by atoms with Crippen molar-refractivity contribution in [3.05, 3.63) is 28.5 Å². The summed E-state index contributed by atoms with van der Waals surface area (Å²) in [5.74, 6) is 1.46. The third kappa shape index (κ3) is 2.54. The fourth-order valence-corrected chi connectivity index (χ4v) is 3.41. The van der Waals surface area contributed by atoms with Crippen molar-refractivity contribution < 1.29 is 0 Å². The molecule has 1 saturated heterocycles. The zero-order chi connectivity index (χ0) is 13.4. The molecule has 5 heteroatoms. The fourth-order valence-electron chi connectivity index (χ4n) is 2.88. The predicted molar refractivity (Wildman–Crippen MR) is 82.8 cm³/mol. The number of fused-ring (bicyclic) bond motifs is 1. The van der Waals surface area contributed by atoms with Gasteiger partial charge in [0.05, 0.1) is 16.9 Å². The van der Waals surface area contributed by atoms with Gasteiger partial charge in [-0.25, -0.2) is 4.98 Å². The van der Waals surface area contributed by atoms with Gasteiger partial charge in [0.15, 0.2) is 0 Å². The number of nitrogens with zero attached hydrogens (tertiary/aromatic N) is 3. The lowest BCUT2D eigenvalue weighted by atomic mass is 10.0. The minimum Gasteiger partial charge on any atom is -0.324 e. The van der Waals surface area contributed by atoms with Crippen LogP contribution >= 0.6 is 27.5 Å². The van der Waals surface area contributed by atoms with E-state index in [0.717, 1.165) is 28.9 Å². The van der Waals surface area contributed by atoms with E-state index >= 15 is 0 Å². The van der Waals surface area contributed by atoms with Crippen molar-refractivity contribution in [2.24, 2.45) is 0 Å². The van der Waals surface area contributed by atoms with Gasteiger partial charge in [-0.05, 0) is 51.2 Å². The van der Waals surface area contributed by atoms with Crippen LogP contribution in [0, 0.1) is 0 Å². The Balaban J connectivity index is 2.05. The van der Waals surface area contributed by atoms with E-state index in [1.165, 1.54) is 18.4 Å². The van der Waals surface area contributed by atoms with E-state index in [4.69, 9.17) is 11.6 Å². The first-order valence-electron chi connectivity index (χ1n) is 6.60. The molecule has 1 aliphatic heterocycles. The fraction of sp³-hybridized carbons (Fsp3) is 0.500. The summed E-state index contributed by atoms with van der Waals surface area (Å²) < 4.78 is 3.41. The Bertz CT molecular complexity index is 588. The maximum atomic E-state index is 6.09. The van der Waals surface area contributed by atoms with Crippen molar-refractivity contribution in [3.63, 3.8) is 0 Å². The van der Waals surface area contributed by atoms with Crippen molar-refractivity contribution >= 4 is 38.6 Å². The normalized spacial score (nSPS) is 18.3. The van der Waals surface area contributed by atoms with Crippen LogP contribution in [0.3, 0.4) is 0 Å². The van der Waals surface area contributed by atoms with Gasteiger partial charge in [-0.2, -0.15) is 0 Å². The Labute approximate surface area is 126 Å². The van der Waals surface area contributed by atoms with Crippen molar-refractivity contribution in [2.75, 3.05) is 20.1 Å². The van der Waals surface area contributed by atoms with Gasteiger partial charge in [0.25, 0.3) is 0 Å². The molecule has 0 radical (unpaired) electrons. The Hall–Kier alpha value is -0.580. The first-order chi connectivity index (χ1) is 9.19. The summed E-state index contributed by atoms with van der Waals surface area (Å²) in [6, 6.07) is 6.81. The van der Waals surface area contributed by atoms with Crippen LogP contribution in [0.1, 0.15) is 24.7 Å². The molecule has 3 rings (SSSR count). The molecule has 1 aromatic carbocycles. The number of hydrogen-bond acceptors (Lipinski definition) is 2. The van der Waals surface area contributed by atoms with Gasteiger partial charge in [0.2, 0.25) is 0 Å². The Kier molecular flexibility index (Phi) is 3.83. The zero-order valence-corrected chi connectivity index (χ0v) is 13.3. The second kappa shape index (κ2) is 5.43. The van der Waals surface area contributed by atoms with Crippen LogP contribution in [-0.4, -0.2) is 34.6 Å². The van der Waals surface area contributed by atoms with Crippen LogP contribution in [0.25, 0.3) is 11.0 Å². The van der Waals surface area contributed by atoms with Gasteiger partial charge in [0, 0.05) is 10.5 Å². The highest BCUT2D eigenvalue weighted by molar-refractivity contribution is 9.10. The van der Waals surface area contributed by atoms with Gasteiger partial charge in [0.1, 0.15) is 5.82 Å². The zero-order valence-electron chi connectivity index (χ0n) is 10.9. The number of benzene rings is 1. The second-order valence-corrected chi connectivity index (χ2v) is 6.38. The van der Waals surface area contributed by atoms with Crippen LogP contribution in [0.2, 0.25) is 0 Å². The summed E-state index contributed by atoms with van der Waals surface area (Å²) in [6.07, 6.45) is 2.34. The summed E-state index contributed by atoms with van der Waals surface area (Å²) in [7, 11) is 2.18. The molecule has 19 heavy (non-hydrogen) atoms. The SMILES string of the molecule is CN1CCC(n2c(CCl)nc3cc(Br)ccc32)CC1. The molecular formula is C14H17BrClN3. The predicted octanol–water partition coefficient (Wildman–Crippen LogP) is 3.80. The maximum absolute atomic E-state index is 6.09. The van der Waals surface area contributed by atoms with E-state index in [1.54, 1.807) is 0 Å². The van der Waals surface area contributed by atoms with Gasteiger partial charge in [-0.1, -0.05) is 15.9 Å². The van der Waals surface area contributed by atoms with Crippen molar-refractivity contribution in [3.8, 4) is 0 Å². The average molecular weight is 343 g/mol. The van der Waals surface area contributed by atoms with Gasteiger partial charge < -0.3 is 9.47 Å². The lowest BCUT2D eigenvalue weighted by Gasteiger charge is -2.31. The summed E-state index contributed by atoms with van der Waals surface area (Å²) in [6.45, 7) is 2.28. The first kappa shape index (κ1) is 13.4. The van der Waals surface area contributed by atoms with Gasteiger partial charge in [-0.15, -0.1) is 11.6 Å². The molecule has 0 spiro atoms. The first-order valence-corrected chi connectivity index (χ1v) is 7.92. The molecule has 2 heterocycles. The number of halogens is 2. The average Bonchev–Trinajstić information content (AvgIpc) is 2.77. The number of hydrogen-bond donors (Lipinski definition) is 0. The van der Waals surface area contributed by atoms with Crippen molar-refractivity contribution in [2.45, 2.75) is 24.8 Å². The topological polar surface area (TPSA) is 21.1 Å². The molecule has 0 N–H and O–H groups in total. The van der Waals surface area contributed by atoms with Crippen molar-refractivity contribution in [1.29, 1.82) is 0 Å². The minimum absolute atomic E-state index is 0.471. The smallest absolute Gasteiger partial charge is 0.125 e. The number of aromatic nitrogens is 2. The number of alkyl halides is 1. The molecule has 1 fully saturated rings. The van der Waals surface area contributed by atoms with Gasteiger partial charge >= 0.3 is 0 Å². The lowest BCUT2D eigenvalue weighted by Crippen LogP contribution is -2.31. The molecule has 0 aliphatic carbocycles. The van der Waals surface area contributed by atoms with E-state index in [9.17, 15) is 0 Å². The molecule has 0 atom stereocenters. The summed E-state index contributed by atoms with van der Waals surface area (Å²) >= 11 is 9.59. The van der Waals surface area contributed by atoms with Crippen LogP contribution in [0.15, 0.2) is 22.7 Å². The molecule has 102 valence electrons. The Morgan fingerprint density at radius 1 is 1.37 bits per heavy atom. The quantitative estimate of drug-likeness (QED) is 0.774. The van der Waals surface area contributed by atoms with E-state index in [0.29, 0.717) is 11.9 Å². The molecule has 0 bridgehead atoms. The largest absolute Gasteiger partial charge is 0.324 e. The summed E-state index contributed by atoms with van der Waals surface area (Å²) in [5.41, 5.74) is 2.23. The van der Waals surface area contributed by atoms with E-state index < -0.39 is 0 Å². The monoisotopic (exact) mass is 341 g/mol. The highest BCUT2D eigenvalue weighted by atomic mass is 79.9. The summed E-state index contributed by atoms with van der Waals surface area (Å²) in [5, 5.41) is 0. The molecule has 2 aromatic rings. The molecule has 3 nitrogen and oxygen atoms in total. The highest BCUT2D eigenvalue weighted by Gasteiger charge is 2.22. The maximum Gasteiger partial charge on any atom is 0.125 e. The van der Waals surface area contributed by atoms with E-state index in [-0.39, 0.29) is 0 Å². The Morgan fingerprint density at radius 3 is 2.79 bits per heavy atom. The number of imidazole rings is 1. The van der Waals surface area contributed by atoms with E-state index in [1.807, 2.05) is 0 Å². The Morgan fingerprint density at radius 2 is 2.11 bits per heavy atom. The molecule has 0 unspecified atom stereocenters. The molecule has 1 aromatic heterocycles. The second-order valence-electron chi connectivity index (χ2n) is 5.20. The summed E-state index contributed by atoms with van der Waals surface area (Å²) in [4.78, 5) is 7.06. The highest BCUT2D eigenvalue weighted by Crippen LogP contribution is 2.30. The number of rotatable bonds is 2. The van der Waals surface area contributed by atoms with E-state index in [2.05, 4.69) is 55.6 Å². The van der Waals surface area contributed by atoms with Crippen LogP contribution < -0.4 is 0 Å². The minimum atomic E-state index is 0.471. The molecule has 1 aliphatic rings. The molecule has 0 amide bonds. The standard InChI is InChI=1S/C14H17BrClN3/c1-18-6-4-11(5-7-18)19-13-3-2-10(15)8-12(13)17-14(19)9-16/h2-3,8,11H,4-7,9H2,1H3. The third-order valence-electron chi connectivity index (χ3n) is 3.90.